The molecule has 3 N–H and O–H groups in total. The van der Waals surface area contributed by atoms with Crippen molar-refractivity contribution in [2.45, 2.75) is 13.3 Å². The smallest absolute Gasteiger partial charge is 0.101 e. The van der Waals surface area contributed by atoms with Crippen molar-refractivity contribution in [3.8, 4) is 6.07 Å². The molecule has 0 heterocycles. The first-order chi connectivity index (χ1) is 7.74. The van der Waals surface area contributed by atoms with Crippen LogP contribution in [-0.4, -0.2) is 24.8 Å². The fraction of sp³-hybridized carbons (Fsp3) is 0.417. The largest absolute Gasteiger partial charge is 0.396 e. The van der Waals surface area contributed by atoms with E-state index in [1.54, 1.807) is 6.07 Å². The summed E-state index contributed by atoms with van der Waals surface area (Å²) in [6.07, 6.45) is 0.698. The van der Waals surface area contributed by atoms with Gasteiger partial charge in [-0.3, -0.25) is 0 Å². The summed E-state index contributed by atoms with van der Waals surface area (Å²) >= 11 is 0. The molecule has 0 bridgehead atoms. The van der Waals surface area contributed by atoms with E-state index in [1.807, 2.05) is 19.1 Å². The maximum absolute atomic E-state index is 8.88. The first-order valence-corrected chi connectivity index (χ1v) is 5.39. The average Bonchev–Trinajstić information content (AvgIpc) is 2.32. The minimum Gasteiger partial charge on any atom is -0.396 e. The molecule has 0 saturated carbocycles. The second-order valence-electron chi connectivity index (χ2n) is 3.51. The van der Waals surface area contributed by atoms with Gasteiger partial charge in [0.1, 0.15) is 6.07 Å². The van der Waals surface area contributed by atoms with E-state index in [1.165, 1.54) is 0 Å². The number of nitrogens with two attached hydrogens (primary N) is 1. The molecule has 0 saturated heterocycles. The Hall–Kier alpha value is -1.73. The molecule has 0 radical (unpaired) electrons. The van der Waals surface area contributed by atoms with Crippen molar-refractivity contribution >= 4 is 11.4 Å². The molecular formula is C12H17N3O. The third-order valence-electron chi connectivity index (χ3n) is 2.51. The molecule has 0 aliphatic heterocycles. The Morgan fingerprint density at radius 3 is 2.81 bits per heavy atom. The number of benzene rings is 1. The molecule has 0 aliphatic carbocycles. The number of anilines is 2. The molecule has 0 aliphatic rings. The van der Waals surface area contributed by atoms with Gasteiger partial charge in [0.2, 0.25) is 0 Å². The highest BCUT2D eigenvalue weighted by Crippen LogP contribution is 2.26. The first kappa shape index (κ1) is 12.3. The van der Waals surface area contributed by atoms with Gasteiger partial charge in [-0.1, -0.05) is 6.07 Å². The van der Waals surface area contributed by atoms with E-state index >= 15 is 0 Å². The summed E-state index contributed by atoms with van der Waals surface area (Å²) in [6.45, 7) is 3.73. The Balaban J connectivity index is 2.97. The monoisotopic (exact) mass is 219 g/mol. The normalized spacial score (nSPS) is 9.81. The van der Waals surface area contributed by atoms with E-state index < -0.39 is 0 Å². The second kappa shape index (κ2) is 5.99. The number of aliphatic hydroxyl groups is 1. The molecule has 16 heavy (non-hydrogen) atoms. The lowest BCUT2D eigenvalue weighted by atomic mass is 10.1. The zero-order valence-corrected chi connectivity index (χ0v) is 9.48. The summed E-state index contributed by atoms with van der Waals surface area (Å²) in [7, 11) is 0. The average molecular weight is 219 g/mol. The third kappa shape index (κ3) is 2.65. The van der Waals surface area contributed by atoms with Crippen molar-refractivity contribution in [2.75, 3.05) is 30.3 Å². The van der Waals surface area contributed by atoms with Gasteiger partial charge in [-0.05, 0) is 25.5 Å². The highest BCUT2D eigenvalue weighted by atomic mass is 16.3. The lowest BCUT2D eigenvalue weighted by Crippen LogP contribution is -2.25. The standard InChI is InChI=1S/C12H17N3O/c1-2-15(7-4-8-16)11-6-3-5-10(9-13)12(11)14/h3,5-6,16H,2,4,7-8,14H2,1H3. The minimum absolute atomic E-state index is 0.161. The molecule has 4 nitrogen and oxygen atoms in total. The van der Waals surface area contributed by atoms with Gasteiger partial charge in [0.05, 0.1) is 16.9 Å². The van der Waals surface area contributed by atoms with Crippen LogP contribution in [0.4, 0.5) is 11.4 Å². The lowest BCUT2D eigenvalue weighted by Gasteiger charge is -2.24. The topological polar surface area (TPSA) is 73.3 Å². The number of nitrogen functional groups attached to an aromatic ring is 1. The number of hydrogen-bond donors (Lipinski definition) is 2. The van der Waals surface area contributed by atoms with Gasteiger partial charge in [0, 0.05) is 19.7 Å². The molecular weight excluding hydrogens is 202 g/mol. The van der Waals surface area contributed by atoms with Crippen LogP contribution in [0, 0.1) is 11.3 Å². The fourth-order valence-corrected chi connectivity index (χ4v) is 1.64. The van der Waals surface area contributed by atoms with Crippen LogP contribution in [0.15, 0.2) is 18.2 Å². The van der Waals surface area contributed by atoms with E-state index in [9.17, 15) is 0 Å². The Bertz CT molecular complexity index is 384. The highest BCUT2D eigenvalue weighted by Gasteiger charge is 2.10. The van der Waals surface area contributed by atoms with E-state index in [-0.39, 0.29) is 6.61 Å². The number of rotatable bonds is 5. The van der Waals surface area contributed by atoms with E-state index in [0.717, 1.165) is 18.8 Å². The Morgan fingerprint density at radius 2 is 2.25 bits per heavy atom. The highest BCUT2D eigenvalue weighted by molar-refractivity contribution is 5.73. The van der Waals surface area contributed by atoms with Crippen LogP contribution in [0.5, 0.6) is 0 Å². The Kier molecular flexibility index (Phi) is 4.62. The van der Waals surface area contributed by atoms with Crippen molar-refractivity contribution in [3.05, 3.63) is 23.8 Å². The van der Waals surface area contributed by atoms with E-state index in [4.69, 9.17) is 16.1 Å². The molecule has 0 atom stereocenters. The lowest BCUT2D eigenvalue weighted by molar-refractivity contribution is 0.289. The van der Waals surface area contributed by atoms with Crippen molar-refractivity contribution < 1.29 is 5.11 Å². The van der Waals surface area contributed by atoms with Gasteiger partial charge in [0.25, 0.3) is 0 Å². The number of hydrogen-bond acceptors (Lipinski definition) is 4. The quantitative estimate of drug-likeness (QED) is 0.733. The first-order valence-electron chi connectivity index (χ1n) is 5.39. The Labute approximate surface area is 95.9 Å². The van der Waals surface area contributed by atoms with Crippen LogP contribution < -0.4 is 10.6 Å². The molecule has 0 fully saturated rings. The van der Waals surface area contributed by atoms with Crippen molar-refractivity contribution in [1.82, 2.24) is 0 Å². The molecule has 86 valence electrons. The zero-order chi connectivity index (χ0) is 12.0. The summed E-state index contributed by atoms with van der Waals surface area (Å²) in [4.78, 5) is 2.06. The number of nitrogens with zero attached hydrogens (tertiary/aromatic N) is 2. The predicted molar refractivity (Wildman–Crippen MR) is 65.2 cm³/mol. The Morgan fingerprint density at radius 1 is 1.50 bits per heavy atom. The SMILES string of the molecule is CCN(CCCO)c1cccc(C#N)c1N. The van der Waals surface area contributed by atoms with Gasteiger partial charge >= 0.3 is 0 Å². The maximum Gasteiger partial charge on any atom is 0.101 e. The van der Waals surface area contributed by atoms with Crippen LogP contribution >= 0.6 is 0 Å². The van der Waals surface area contributed by atoms with Crippen molar-refractivity contribution in [1.29, 1.82) is 5.26 Å². The molecule has 0 amide bonds. The van der Waals surface area contributed by atoms with Gasteiger partial charge in [0.15, 0.2) is 0 Å². The van der Waals surface area contributed by atoms with Crippen LogP contribution in [0.2, 0.25) is 0 Å². The molecule has 0 aromatic heterocycles. The van der Waals surface area contributed by atoms with Crippen LogP contribution in [-0.2, 0) is 0 Å². The van der Waals surface area contributed by atoms with Crippen LogP contribution in [0.1, 0.15) is 18.9 Å². The van der Waals surface area contributed by atoms with Gasteiger partial charge < -0.3 is 15.7 Å². The van der Waals surface area contributed by atoms with Crippen molar-refractivity contribution in [2.24, 2.45) is 0 Å². The van der Waals surface area contributed by atoms with E-state index in [2.05, 4.69) is 11.0 Å². The third-order valence-corrected chi connectivity index (χ3v) is 2.51. The summed E-state index contributed by atoms with van der Waals surface area (Å²) < 4.78 is 0. The van der Waals surface area contributed by atoms with Gasteiger partial charge in [-0.25, -0.2) is 0 Å². The zero-order valence-electron chi connectivity index (χ0n) is 9.48. The molecule has 4 heteroatoms. The predicted octanol–water partition coefficient (Wildman–Crippen LogP) is 1.35. The van der Waals surface area contributed by atoms with Crippen LogP contribution in [0.25, 0.3) is 0 Å². The maximum atomic E-state index is 8.88. The fourth-order valence-electron chi connectivity index (χ4n) is 1.64. The summed E-state index contributed by atoms with van der Waals surface area (Å²) in [5, 5.41) is 17.7. The summed E-state index contributed by atoms with van der Waals surface area (Å²) in [5.74, 6) is 0. The number of aliphatic hydroxyl groups excluding tert-OH is 1. The van der Waals surface area contributed by atoms with Crippen LogP contribution in [0.3, 0.4) is 0 Å². The summed E-state index contributed by atoms with van der Waals surface area (Å²) in [6, 6.07) is 7.50. The molecule has 1 rings (SSSR count). The molecule has 1 aromatic rings. The van der Waals surface area contributed by atoms with Gasteiger partial charge in [-0.2, -0.15) is 5.26 Å². The molecule has 0 spiro atoms. The number of nitriles is 1. The minimum atomic E-state index is 0.161. The van der Waals surface area contributed by atoms with Crippen molar-refractivity contribution in [3.63, 3.8) is 0 Å². The molecule has 1 aromatic carbocycles. The van der Waals surface area contributed by atoms with E-state index in [0.29, 0.717) is 17.7 Å². The summed E-state index contributed by atoms with van der Waals surface area (Å²) in [5.41, 5.74) is 7.80. The number of para-hydroxylation sites is 1. The van der Waals surface area contributed by atoms with Gasteiger partial charge in [-0.15, -0.1) is 0 Å². The second-order valence-corrected chi connectivity index (χ2v) is 3.51. The molecule has 0 unspecified atom stereocenters.